The molecule has 0 spiro atoms. The largest absolute Gasteiger partial charge is 0.434 e. The molecule has 0 unspecified atom stereocenters. The fourth-order valence-corrected chi connectivity index (χ4v) is 2.95. The van der Waals surface area contributed by atoms with Gasteiger partial charge in [0.25, 0.3) is 11.5 Å². The highest BCUT2D eigenvalue weighted by molar-refractivity contribution is 6.83. The van der Waals surface area contributed by atoms with Gasteiger partial charge in [-0.2, -0.15) is 0 Å². The molecule has 2 aromatic rings. The topological polar surface area (TPSA) is 114 Å². The van der Waals surface area contributed by atoms with Crippen molar-refractivity contribution >= 4 is 51.8 Å². The average molecular weight is 460 g/mol. The average Bonchev–Trinajstić information content (AvgIpc) is 2.63. The Hall–Kier alpha value is -2.42. The number of hydrogen-bond donors (Lipinski definition) is 2. The number of carbonyl (C=O) groups excluding carboxylic acids is 2. The third-order valence-corrected chi connectivity index (χ3v) is 4.43. The second-order valence-electron chi connectivity index (χ2n) is 6.25. The van der Waals surface area contributed by atoms with Crippen molar-refractivity contribution in [1.82, 2.24) is 15.5 Å². The van der Waals surface area contributed by atoms with Gasteiger partial charge < -0.3 is 4.74 Å². The summed E-state index contributed by atoms with van der Waals surface area (Å²) in [5.74, 6) is -1.10. The zero-order chi connectivity index (χ0) is 21.7. The van der Waals surface area contributed by atoms with Gasteiger partial charge in [0, 0.05) is 18.6 Å². The highest BCUT2D eigenvalue weighted by atomic mass is 35.5. The number of halogens is 3. The molecule has 0 fully saturated rings. The van der Waals surface area contributed by atoms with Crippen LogP contribution in [0.2, 0.25) is 10.0 Å². The van der Waals surface area contributed by atoms with E-state index in [2.05, 4.69) is 15.2 Å². The zero-order valence-electron chi connectivity index (χ0n) is 15.7. The SMILES string of the molecule is CC(=O)NC(=O)C(Cl)=NCc1cc(Cl)c(Oc2cc(C(C)C)c(=O)[nH]n2)c(Cl)c1. The highest BCUT2D eigenvalue weighted by Crippen LogP contribution is 2.37. The van der Waals surface area contributed by atoms with Gasteiger partial charge in [0.15, 0.2) is 10.9 Å². The number of hydrogen-bond acceptors (Lipinski definition) is 6. The van der Waals surface area contributed by atoms with Gasteiger partial charge in [0.2, 0.25) is 11.8 Å². The van der Waals surface area contributed by atoms with Crippen molar-refractivity contribution in [3.63, 3.8) is 0 Å². The number of H-pyrrole nitrogens is 1. The molecule has 2 N–H and O–H groups in total. The Kier molecular flexibility index (Phi) is 7.78. The lowest BCUT2D eigenvalue weighted by Crippen LogP contribution is -2.32. The van der Waals surface area contributed by atoms with Gasteiger partial charge in [-0.05, 0) is 23.6 Å². The predicted molar refractivity (Wildman–Crippen MR) is 111 cm³/mol. The number of rotatable bonds is 6. The molecule has 29 heavy (non-hydrogen) atoms. The first-order valence-corrected chi connectivity index (χ1v) is 9.49. The van der Waals surface area contributed by atoms with Crippen molar-refractivity contribution in [2.45, 2.75) is 33.2 Å². The molecule has 0 aliphatic carbocycles. The maximum absolute atomic E-state index is 11.8. The van der Waals surface area contributed by atoms with Gasteiger partial charge in [-0.25, -0.2) is 5.10 Å². The number of imide groups is 1. The van der Waals surface area contributed by atoms with Crippen LogP contribution in [0.1, 0.15) is 37.8 Å². The highest BCUT2D eigenvalue weighted by Gasteiger charge is 2.15. The second-order valence-corrected chi connectivity index (χ2v) is 7.43. The van der Waals surface area contributed by atoms with Crippen LogP contribution in [0.5, 0.6) is 11.6 Å². The molecule has 1 aromatic carbocycles. The van der Waals surface area contributed by atoms with E-state index in [0.717, 1.165) is 0 Å². The lowest BCUT2D eigenvalue weighted by Gasteiger charge is -2.11. The number of aromatic nitrogens is 2. The summed E-state index contributed by atoms with van der Waals surface area (Å²) in [4.78, 5) is 38.1. The fraction of sp³-hybridized carbons (Fsp3) is 0.278. The number of nitrogens with zero attached hydrogens (tertiary/aromatic N) is 2. The number of carbonyl (C=O) groups is 2. The summed E-state index contributed by atoms with van der Waals surface area (Å²) in [5, 5.41) is 8.17. The van der Waals surface area contributed by atoms with Crippen LogP contribution in [0.15, 0.2) is 28.0 Å². The normalized spacial score (nSPS) is 11.5. The molecule has 0 aliphatic rings. The first kappa shape index (κ1) is 22.9. The lowest BCUT2D eigenvalue weighted by molar-refractivity contribution is -0.125. The summed E-state index contributed by atoms with van der Waals surface area (Å²) in [6.07, 6.45) is 0. The molecular weight excluding hydrogens is 443 g/mol. The van der Waals surface area contributed by atoms with Gasteiger partial charge in [-0.3, -0.25) is 24.7 Å². The Labute approximate surface area is 181 Å². The van der Waals surface area contributed by atoms with Gasteiger partial charge in [0.1, 0.15) is 0 Å². The molecule has 0 radical (unpaired) electrons. The summed E-state index contributed by atoms with van der Waals surface area (Å²) in [6, 6.07) is 4.59. The molecule has 0 saturated heterocycles. The smallest absolute Gasteiger partial charge is 0.287 e. The Morgan fingerprint density at radius 2 is 1.86 bits per heavy atom. The van der Waals surface area contributed by atoms with Crippen LogP contribution >= 0.6 is 34.8 Å². The van der Waals surface area contributed by atoms with Crippen LogP contribution in [-0.4, -0.2) is 27.2 Å². The van der Waals surface area contributed by atoms with Crippen molar-refractivity contribution in [3.8, 4) is 11.6 Å². The number of ether oxygens (including phenoxy) is 1. The van der Waals surface area contributed by atoms with E-state index in [1.54, 1.807) is 0 Å². The van der Waals surface area contributed by atoms with E-state index in [1.165, 1.54) is 25.1 Å². The summed E-state index contributed by atoms with van der Waals surface area (Å²) in [5.41, 5.74) is 0.758. The molecule has 1 aromatic heterocycles. The van der Waals surface area contributed by atoms with Gasteiger partial charge >= 0.3 is 0 Å². The monoisotopic (exact) mass is 458 g/mol. The van der Waals surface area contributed by atoms with E-state index in [9.17, 15) is 14.4 Å². The molecule has 2 rings (SSSR count). The van der Waals surface area contributed by atoms with E-state index in [1.807, 2.05) is 19.2 Å². The number of nitrogens with one attached hydrogen (secondary N) is 2. The predicted octanol–water partition coefficient (Wildman–Crippen LogP) is 3.79. The molecule has 0 saturated carbocycles. The van der Waals surface area contributed by atoms with Crippen molar-refractivity contribution in [1.29, 1.82) is 0 Å². The minimum absolute atomic E-state index is 0.00170. The van der Waals surface area contributed by atoms with E-state index in [-0.39, 0.29) is 44.9 Å². The first-order valence-electron chi connectivity index (χ1n) is 8.35. The second kappa shape index (κ2) is 9.87. The summed E-state index contributed by atoms with van der Waals surface area (Å²) in [7, 11) is 0. The maximum atomic E-state index is 11.8. The third-order valence-electron chi connectivity index (χ3n) is 3.57. The van der Waals surface area contributed by atoms with Crippen molar-refractivity contribution in [2.75, 3.05) is 0 Å². The van der Waals surface area contributed by atoms with Crippen LogP contribution in [0.3, 0.4) is 0 Å². The lowest BCUT2D eigenvalue weighted by atomic mass is 10.1. The summed E-state index contributed by atoms with van der Waals surface area (Å²) < 4.78 is 5.64. The minimum atomic E-state index is -0.804. The molecule has 154 valence electrons. The van der Waals surface area contributed by atoms with Gasteiger partial charge in [0.05, 0.1) is 16.6 Å². The van der Waals surface area contributed by atoms with E-state index in [4.69, 9.17) is 39.5 Å². The van der Waals surface area contributed by atoms with Crippen molar-refractivity contribution < 1.29 is 14.3 Å². The van der Waals surface area contributed by atoms with Gasteiger partial charge in [-0.15, -0.1) is 5.10 Å². The number of aromatic amines is 1. The van der Waals surface area contributed by atoms with Crippen molar-refractivity contribution in [3.05, 3.63) is 49.7 Å². The quantitative estimate of drug-likeness (QED) is 0.638. The third kappa shape index (κ3) is 6.28. The molecule has 2 amide bonds. The zero-order valence-corrected chi connectivity index (χ0v) is 17.9. The van der Waals surface area contributed by atoms with Crippen molar-refractivity contribution in [2.24, 2.45) is 4.99 Å². The Morgan fingerprint density at radius 3 is 2.41 bits per heavy atom. The van der Waals surface area contributed by atoms with Crippen LogP contribution in [0.25, 0.3) is 0 Å². The Balaban J connectivity index is 2.22. The van der Waals surface area contributed by atoms with E-state index in [0.29, 0.717) is 11.1 Å². The Bertz CT molecular complexity index is 1010. The van der Waals surface area contributed by atoms with Crippen LogP contribution in [-0.2, 0) is 16.1 Å². The van der Waals surface area contributed by atoms with Crippen LogP contribution in [0.4, 0.5) is 0 Å². The van der Waals surface area contributed by atoms with Crippen LogP contribution in [0, 0.1) is 0 Å². The van der Waals surface area contributed by atoms with Crippen LogP contribution < -0.4 is 15.6 Å². The number of aliphatic imine (C=N–C) groups is 1. The summed E-state index contributed by atoms with van der Waals surface area (Å²) in [6.45, 7) is 4.91. The minimum Gasteiger partial charge on any atom is -0.434 e. The van der Waals surface area contributed by atoms with E-state index >= 15 is 0 Å². The molecule has 8 nitrogen and oxygen atoms in total. The van der Waals surface area contributed by atoms with Gasteiger partial charge in [-0.1, -0.05) is 48.7 Å². The molecule has 0 bridgehead atoms. The Morgan fingerprint density at radius 1 is 1.24 bits per heavy atom. The number of benzene rings is 1. The molecule has 0 atom stereocenters. The molecule has 11 heteroatoms. The van der Waals surface area contributed by atoms with E-state index < -0.39 is 11.8 Å². The number of amides is 2. The first-order chi connectivity index (χ1) is 13.6. The molecule has 1 heterocycles. The molecule has 0 aliphatic heterocycles. The standard InChI is InChI=1S/C18H17Cl3N4O4/c1-8(2)11-6-14(24-25-17(11)27)29-15-12(19)4-10(5-13(15)20)7-22-16(21)18(28)23-9(3)26/h4-6,8H,7H2,1-3H3,(H,25,27)(H,23,26,28). The fourth-order valence-electron chi connectivity index (χ4n) is 2.23. The maximum Gasteiger partial charge on any atom is 0.287 e. The summed E-state index contributed by atoms with van der Waals surface area (Å²) >= 11 is 18.3. The molecular formula is C18H17Cl3N4O4.